The fourth-order valence-corrected chi connectivity index (χ4v) is 2.03. The van der Waals surface area contributed by atoms with Crippen LogP contribution in [0.1, 0.15) is 43.4 Å². The van der Waals surface area contributed by atoms with E-state index in [0.717, 1.165) is 25.2 Å². The van der Waals surface area contributed by atoms with E-state index in [1.807, 2.05) is 0 Å². The molecule has 16 heavy (non-hydrogen) atoms. The molecule has 0 unspecified atom stereocenters. The lowest BCUT2D eigenvalue weighted by Crippen LogP contribution is -2.10. The summed E-state index contributed by atoms with van der Waals surface area (Å²) in [7, 11) is 0. The van der Waals surface area contributed by atoms with Crippen LogP contribution in [0.15, 0.2) is 18.2 Å². The minimum Gasteiger partial charge on any atom is -0.493 e. The molecule has 90 valence electrons. The van der Waals surface area contributed by atoms with E-state index in [1.54, 1.807) is 0 Å². The summed E-state index contributed by atoms with van der Waals surface area (Å²) in [6.07, 6.45) is 4.52. The van der Waals surface area contributed by atoms with Crippen LogP contribution in [0.25, 0.3) is 0 Å². The van der Waals surface area contributed by atoms with E-state index in [2.05, 4.69) is 25.1 Å². The van der Waals surface area contributed by atoms with Crippen LogP contribution >= 0.6 is 12.4 Å². The van der Waals surface area contributed by atoms with Gasteiger partial charge in [-0.25, -0.2) is 0 Å². The topological polar surface area (TPSA) is 35.2 Å². The molecule has 1 aliphatic rings. The molecule has 1 aliphatic heterocycles. The maximum absolute atomic E-state index is 6.13. The highest BCUT2D eigenvalue weighted by Gasteiger charge is 2.14. The second-order valence-electron chi connectivity index (χ2n) is 4.21. The maximum Gasteiger partial charge on any atom is 0.122 e. The molecule has 1 aromatic carbocycles. The number of fused-ring (bicyclic) bond motifs is 1. The van der Waals surface area contributed by atoms with Gasteiger partial charge in [-0.05, 0) is 23.6 Å². The van der Waals surface area contributed by atoms with Crippen molar-refractivity contribution >= 4 is 12.4 Å². The maximum atomic E-state index is 6.13. The Bertz CT molecular complexity index is 341. The molecule has 1 aromatic rings. The van der Waals surface area contributed by atoms with E-state index >= 15 is 0 Å². The molecule has 2 nitrogen and oxygen atoms in total. The molecule has 0 aromatic heterocycles. The Hall–Kier alpha value is -0.730. The minimum absolute atomic E-state index is 0. The van der Waals surface area contributed by atoms with Gasteiger partial charge in [0, 0.05) is 12.5 Å². The number of benzene rings is 1. The second-order valence-corrected chi connectivity index (χ2v) is 4.21. The summed E-state index contributed by atoms with van der Waals surface area (Å²) in [6.45, 7) is 3.02. The molecule has 2 rings (SSSR count). The summed E-state index contributed by atoms with van der Waals surface area (Å²) >= 11 is 0. The Labute approximate surface area is 104 Å². The van der Waals surface area contributed by atoms with E-state index in [0.29, 0.717) is 0 Å². The van der Waals surface area contributed by atoms with Crippen molar-refractivity contribution in [1.29, 1.82) is 0 Å². The highest BCUT2D eigenvalue weighted by atomic mass is 35.5. The molecule has 0 radical (unpaired) electrons. The predicted octanol–water partition coefficient (Wildman–Crippen LogP) is 3.23. The quantitative estimate of drug-likeness (QED) is 0.879. The van der Waals surface area contributed by atoms with Crippen LogP contribution in [-0.4, -0.2) is 6.61 Å². The molecule has 1 atom stereocenters. The van der Waals surface area contributed by atoms with E-state index in [4.69, 9.17) is 10.5 Å². The summed E-state index contributed by atoms with van der Waals surface area (Å²) in [5.74, 6) is 1.04. The molecule has 3 heteroatoms. The summed E-state index contributed by atoms with van der Waals surface area (Å²) in [5, 5.41) is 0. The number of halogens is 1. The van der Waals surface area contributed by atoms with Crippen molar-refractivity contribution in [3.05, 3.63) is 29.3 Å². The summed E-state index contributed by atoms with van der Waals surface area (Å²) < 4.78 is 5.47. The number of unbranched alkanes of at least 4 members (excludes halogenated alkanes) is 1. The average molecular weight is 242 g/mol. The van der Waals surface area contributed by atoms with Gasteiger partial charge >= 0.3 is 0 Å². The lowest BCUT2D eigenvalue weighted by molar-refractivity contribution is 0.357. The van der Waals surface area contributed by atoms with Gasteiger partial charge in [-0.15, -0.1) is 12.4 Å². The van der Waals surface area contributed by atoms with Crippen LogP contribution in [0, 0.1) is 0 Å². The van der Waals surface area contributed by atoms with E-state index in [9.17, 15) is 0 Å². The van der Waals surface area contributed by atoms with E-state index < -0.39 is 0 Å². The first-order valence-corrected chi connectivity index (χ1v) is 5.82. The number of nitrogens with two attached hydrogens (primary N) is 1. The number of hydrogen-bond donors (Lipinski definition) is 1. The van der Waals surface area contributed by atoms with Crippen molar-refractivity contribution in [3.8, 4) is 5.75 Å². The lowest BCUT2D eigenvalue weighted by atomic mass is 9.99. The summed E-state index contributed by atoms with van der Waals surface area (Å²) in [5.41, 5.74) is 8.71. The average Bonchev–Trinajstić information content (AvgIpc) is 2.72. The Morgan fingerprint density at radius 1 is 1.44 bits per heavy atom. The third-order valence-corrected chi connectivity index (χ3v) is 3.01. The highest BCUT2D eigenvalue weighted by molar-refractivity contribution is 5.85. The molecule has 0 aliphatic carbocycles. The van der Waals surface area contributed by atoms with Crippen LogP contribution < -0.4 is 10.5 Å². The van der Waals surface area contributed by atoms with Gasteiger partial charge in [0.1, 0.15) is 5.75 Å². The first kappa shape index (κ1) is 13.3. The Morgan fingerprint density at radius 3 is 3.00 bits per heavy atom. The van der Waals surface area contributed by atoms with E-state index in [-0.39, 0.29) is 18.4 Å². The standard InChI is InChI=1S/C13H19NO.ClH/c1-2-3-4-12(14)10-5-6-13-11(9-10)7-8-15-13;/h5-6,9,12H,2-4,7-8,14H2,1H3;1H/t12-;/m0./s1. The zero-order valence-electron chi connectivity index (χ0n) is 9.74. The fourth-order valence-electron chi connectivity index (χ4n) is 2.03. The van der Waals surface area contributed by atoms with Crippen molar-refractivity contribution in [3.63, 3.8) is 0 Å². The van der Waals surface area contributed by atoms with Crippen LogP contribution in [0.4, 0.5) is 0 Å². The van der Waals surface area contributed by atoms with Gasteiger partial charge in [-0.3, -0.25) is 0 Å². The predicted molar refractivity (Wildman–Crippen MR) is 69.3 cm³/mol. The SMILES string of the molecule is CCCC[C@H](N)c1ccc2c(c1)CCO2.Cl. The molecule has 0 fully saturated rings. The zero-order chi connectivity index (χ0) is 10.7. The van der Waals surface area contributed by atoms with Crippen molar-refractivity contribution in [2.24, 2.45) is 5.73 Å². The molecule has 0 saturated heterocycles. The van der Waals surface area contributed by atoms with E-state index in [1.165, 1.54) is 24.0 Å². The molecule has 0 saturated carbocycles. The molecule has 0 amide bonds. The normalized spacial score (nSPS) is 14.9. The van der Waals surface area contributed by atoms with Gasteiger partial charge < -0.3 is 10.5 Å². The lowest BCUT2D eigenvalue weighted by Gasteiger charge is -2.12. The number of hydrogen-bond acceptors (Lipinski definition) is 2. The molecular formula is C13H20ClNO. The van der Waals surface area contributed by atoms with Gasteiger partial charge in [0.25, 0.3) is 0 Å². The van der Waals surface area contributed by atoms with Gasteiger partial charge in [0.05, 0.1) is 6.61 Å². The zero-order valence-corrected chi connectivity index (χ0v) is 10.6. The molecular weight excluding hydrogens is 222 g/mol. The van der Waals surface area contributed by atoms with Crippen molar-refractivity contribution in [2.75, 3.05) is 6.61 Å². The number of ether oxygens (including phenoxy) is 1. The third kappa shape index (κ3) is 2.89. The van der Waals surface area contributed by atoms with Crippen LogP contribution in [0.3, 0.4) is 0 Å². The smallest absolute Gasteiger partial charge is 0.122 e. The second kappa shape index (κ2) is 6.12. The van der Waals surface area contributed by atoms with Crippen LogP contribution in [-0.2, 0) is 6.42 Å². The van der Waals surface area contributed by atoms with Gasteiger partial charge in [0.2, 0.25) is 0 Å². The minimum atomic E-state index is 0. The Kier molecular flexibility index (Phi) is 5.10. The largest absolute Gasteiger partial charge is 0.493 e. The first-order chi connectivity index (χ1) is 7.31. The molecule has 0 bridgehead atoms. The van der Waals surface area contributed by atoms with Crippen LogP contribution in [0.5, 0.6) is 5.75 Å². The number of rotatable bonds is 4. The van der Waals surface area contributed by atoms with Crippen molar-refractivity contribution in [1.82, 2.24) is 0 Å². The third-order valence-electron chi connectivity index (χ3n) is 3.01. The highest BCUT2D eigenvalue weighted by Crippen LogP contribution is 2.28. The molecule has 1 heterocycles. The van der Waals surface area contributed by atoms with Gasteiger partial charge in [-0.2, -0.15) is 0 Å². The summed E-state index contributed by atoms with van der Waals surface area (Å²) in [4.78, 5) is 0. The fraction of sp³-hybridized carbons (Fsp3) is 0.538. The molecule has 0 spiro atoms. The monoisotopic (exact) mass is 241 g/mol. The molecule has 2 N–H and O–H groups in total. The van der Waals surface area contributed by atoms with Gasteiger partial charge in [-0.1, -0.05) is 31.9 Å². The Morgan fingerprint density at radius 2 is 2.25 bits per heavy atom. The van der Waals surface area contributed by atoms with Gasteiger partial charge in [0.15, 0.2) is 0 Å². The van der Waals surface area contributed by atoms with Crippen molar-refractivity contribution in [2.45, 2.75) is 38.6 Å². The summed E-state index contributed by atoms with van der Waals surface area (Å²) in [6, 6.07) is 6.56. The Balaban J connectivity index is 0.00000128. The first-order valence-electron chi connectivity index (χ1n) is 5.82. The van der Waals surface area contributed by atoms with Crippen molar-refractivity contribution < 1.29 is 4.74 Å². The van der Waals surface area contributed by atoms with Crippen LogP contribution in [0.2, 0.25) is 0 Å².